The van der Waals surface area contributed by atoms with Crippen LogP contribution in [-0.4, -0.2) is 12.8 Å². The maximum atomic E-state index is 3.21. The van der Waals surface area contributed by atoms with E-state index in [2.05, 4.69) is 32.4 Å². The molecule has 0 amide bonds. The van der Waals surface area contributed by atoms with Crippen LogP contribution in [0.15, 0.2) is 0 Å². The van der Waals surface area contributed by atoms with Crippen LogP contribution in [0.2, 0.25) is 0 Å². The third-order valence-corrected chi connectivity index (χ3v) is 2.82. The lowest BCUT2D eigenvalue weighted by Crippen LogP contribution is -2.02. The summed E-state index contributed by atoms with van der Waals surface area (Å²) in [4.78, 5) is 0. The van der Waals surface area contributed by atoms with E-state index < -0.39 is 0 Å². The van der Waals surface area contributed by atoms with Crippen LogP contribution in [-0.2, 0) is 0 Å². The molecule has 0 radical (unpaired) electrons. The highest BCUT2D eigenvalue weighted by molar-refractivity contribution is 7.36. The van der Waals surface area contributed by atoms with Gasteiger partial charge in [0.2, 0.25) is 0 Å². The third-order valence-electron chi connectivity index (χ3n) is 2.03. The molecule has 0 spiro atoms. The van der Waals surface area contributed by atoms with Crippen molar-refractivity contribution in [3.63, 3.8) is 0 Å². The molecule has 3 unspecified atom stereocenters. The summed E-state index contributed by atoms with van der Waals surface area (Å²) in [5, 5.41) is 0. The molecule has 0 aromatic carbocycles. The van der Waals surface area contributed by atoms with Crippen molar-refractivity contribution in [1.82, 2.24) is 0 Å². The van der Waals surface area contributed by atoms with Crippen molar-refractivity contribution in [3.8, 4) is 11.8 Å². The van der Waals surface area contributed by atoms with Crippen molar-refractivity contribution in [2.24, 2.45) is 11.8 Å². The average Bonchev–Trinajstić information content (AvgIpc) is 2.01. The van der Waals surface area contributed by atoms with Crippen LogP contribution in [0.1, 0.15) is 33.6 Å². The minimum atomic E-state index is 0.588. The number of hydrogen-bond acceptors (Lipinski definition) is 0. The zero-order chi connectivity index (χ0) is 9.40. The Morgan fingerprint density at radius 3 is 2.50 bits per heavy atom. The summed E-state index contributed by atoms with van der Waals surface area (Å²) in [5.41, 5.74) is 0. The Labute approximate surface area is 79.3 Å². The molecule has 0 N–H and O–H groups in total. The average molecular weight is 184 g/mol. The topological polar surface area (TPSA) is 0 Å². The lowest BCUT2D eigenvalue weighted by molar-refractivity contribution is 0.465. The normalized spacial score (nSPS) is 15.7. The second-order valence-electron chi connectivity index (χ2n) is 3.53. The molecule has 0 fully saturated rings. The van der Waals surface area contributed by atoms with E-state index in [0.717, 1.165) is 14.5 Å². The molecule has 0 aromatic heterocycles. The van der Waals surface area contributed by atoms with Gasteiger partial charge in [0.1, 0.15) is 0 Å². The van der Waals surface area contributed by atoms with Gasteiger partial charge in [-0.3, -0.25) is 0 Å². The van der Waals surface area contributed by atoms with E-state index in [4.69, 9.17) is 0 Å². The van der Waals surface area contributed by atoms with E-state index in [1.807, 2.05) is 6.92 Å². The van der Waals surface area contributed by atoms with Gasteiger partial charge in [-0.05, 0) is 38.5 Å². The predicted molar refractivity (Wildman–Crippen MR) is 60.1 cm³/mol. The Hall–Kier alpha value is -0.0100. The van der Waals surface area contributed by atoms with Crippen LogP contribution in [0.5, 0.6) is 0 Å². The summed E-state index contributed by atoms with van der Waals surface area (Å²) >= 11 is 0. The number of hydrogen-bond donors (Lipinski definition) is 0. The van der Waals surface area contributed by atoms with Gasteiger partial charge in [0.05, 0.1) is 0 Å². The maximum Gasteiger partial charge on any atom is 0.0177 e. The largest absolute Gasteiger partial charge is 0.125 e. The van der Waals surface area contributed by atoms with Gasteiger partial charge in [-0.25, -0.2) is 0 Å². The quantitative estimate of drug-likeness (QED) is 0.454. The minimum Gasteiger partial charge on any atom is -0.125 e. The first-order chi connectivity index (χ1) is 5.70. The zero-order valence-electron chi connectivity index (χ0n) is 8.78. The minimum absolute atomic E-state index is 0.588. The standard InChI is InChI=1S/C11H21P/c1-5-6-10(2)9-11(3)7-8-12-4/h10-12H,7-9H2,1-4H3. The first kappa shape index (κ1) is 12.0. The predicted octanol–water partition coefficient (Wildman–Crippen LogP) is 3.37. The summed E-state index contributed by atoms with van der Waals surface area (Å²) in [5.74, 6) is 7.63. The smallest absolute Gasteiger partial charge is 0.0177 e. The van der Waals surface area contributed by atoms with Crippen molar-refractivity contribution in [1.29, 1.82) is 0 Å². The fraction of sp³-hybridized carbons (Fsp3) is 0.818. The zero-order valence-corrected chi connectivity index (χ0v) is 9.78. The van der Waals surface area contributed by atoms with Crippen LogP contribution in [0.4, 0.5) is 0 Å². The van der Waals surface area contributed by atoms with Gasteiger partial charge >= 0.3 is 0 Å². The van der Waals surface area contributed by atoms with Crippen molar-refractivity contribution < 1.29 is 0 Å². The fourth-order valence-corrected chi connectivity index (χ4v) is 2.20. The van der Waals surface area contributed by atoms with E-state index in [9.17, 15) is 0 Å². The molecule has 12 heavy (non-hydrogen) atoms. The molecule has 0 aliphatic carbocycles. The van der Waals surface area contributed by atoms with Crippen molar-refractivity contribution >= 4 is 8.58 Å². The van der Waals surface area contributed by atoms with Crippen LogP contribution in [0, 0.1) is 23.7 Å². The van der Waals surface area contributed by atoms with Gasteiger partial charge in [-0.2, -0.15) is 0 Å². The Balaban J connectivity index is 3.51. The molecule has 3 atom stereocenters. The van der Waals surface area contributed by atoms with Gasteiger partial charge < -0.3 is 0 Å². The van der Waals surface area contributed by atoms with E-state index in [1.165, 1.54) is 19.0 Å². The molecule has 0 aromatic rings. The second kappa shape index (κ2) is 7.63. The molecule has 0 rings (SSSR count). The Morgan fingerprint density at radius 1 is 1.33 bits per heavy atom. The SMILES string of the molecule is CC#CC(C)CC(C)CCPC. The lowest BCUT2D eigenvalue weighted by Gasteiger charge is -2.12. The Kier molecular flexibility index (Phi) is 7.62. The highest BCUT2D eigenvalue weighted by Gasteiger charge is 2.05. The van der Waals surface area contributed by atoms with E-state index in [0.29, 0.717) is 5.92 Å². The fourth-order valence-electron chi connectivity index (χ4n) is 1.42. The number of rotatable bonds is 5. The van der Waals surface area contributed by atoms with Crippen molar-refractivity contribution in [2.45, 2.75) is 33.6 Å². The van der Waals surface area contributed by atoms with Gasteiger partial charge in [0.25, 0.3) is 0 Å². The summed E-state index contributed by atoms with van der Waals surface area (Å²) in [6.07, 6.45) is 4.05. The third kappa shape index (κ3) is 6.68. The molecular formula is C11H21P. The van der Waals surface area contributed by atoms with Crippen LogP contribution >= 0.6 is 8.58 Å². The van der Waals surface area contributed by atoms with Crippen LogP contribution < -0.4 is 0 Å². The first-order valence-electron chi connectivity index (χ1n) is 4.77. The van der Waals surface area contributed by atoms with Gasteiger partial charge in [-0.15, -0.1) is 20.4 Å². The molecule has 0 aliphatic heterocycles. The highest BCUT2D eigenvalue weighted by atomic mass is 31.1. The van der Waals surface area contributed by atoms with Gasteiger partial charge in [0, 0.05) is 5.92 Å². The van der Waals surface area contributed by atoms with Crippen LogP contribution in [0.25, 0.3) is 0 Å². The van der Waals surface area contributed by atoms with E-state index in [1.54, 1.807) is 0 Å². The summed E-state index contributed by atoms with van der Waals surface area (Å²) < 4.78 is 0. The molecule has 0 aliphatic rings. The van der Waals surface area contributed by atoms with E-state index >= 15 is 0 Å². The Morgan fingerprint density at radius 2 is 2.00 bits per heavy atom. The molecule has 0 heterocycles. The monoisotopic (exact) mass is 184 g/mol. The molecule has 1 heteroatoms. The molecular weight excluding hydrogens is 163 g/mol. The van der Waals surface area contributed by atoms with Gasteiger partial charge in [-0.1, -0.05) is 13.8 Å². The molecule has 0 nitrogen and oxygen atoms in total. The van der Waals surface area contributed by atoms with Gasteiger partial charge in [0.15, 0.2) is 0 Å². The first-order valence-corrected chi connectivity index (χ1v) is 6.48. The molecule has 70 valence electrons. The summed E-state index contributed by atoms with van der Waals surface area (Å²) in [6, 6.07) is 0. The van der Waals surface area contributed by atoms with Crippen LogP contribution in [0.3, 0.4) is 0 Å². The second-order valence-corrected chi connectivity index (χ2v) is 4.74. The Bertz CT molecular complexity index is 152. The lowest BCUT2D eigenvalue weighted by atomic mass is 9.96. The van der Waals surface area contributed by atoms with E-state index in [-0.39, 0.29) is 0 Å². The molecule has 0 bridgehead atoms. The molecule has 0 saturated heterocycles. The summed E-state index contributed by atoms with van der Waals surface area (Å²) in [6.45, 7) is 8.77. The summed E-state index contributed by atoms with van der Waals surface area (Å²) in [7, 11) is 1.11. The molecule has 0 saturated carbocycles. The van der Waals surface area contributed by atoms with Crippen molar-refractivity contribution in [3.05, 3.63) is 0 Å². The van der Waals surface area contributed by atoms with Crippen molar-refractivity contribution in [2.75, 3.05) is 12.8 Å². The maximum absolute atomic E-state index is 3.21. The highest BCUT2D eigenvalue weighted by Crippen LogP contribution is 2.18.